The van der Waals surface area contributed by atoms with E-state index in [1.54, 1.807) is 18.5 Å². The number of urea groups is 1. The fourth-order valence-electron chi connectivity index (χ4n) is 6.77. The van der Waals surface area contributed by atoms with Gasteiger partial charge in [0.25, 0.3) is 0 Å². The van der Waals surface area contributed by atoms with Gasteiger partial charge in [0.1, 0.15) is 17.8 Å². The van der Waals surface area contributed by atoms with Gasteiger partial charge in [-0.05, 0) is 69.9 Å². The number of nitrogens with zero attached hydrogens (tertiary/aromatic N) is 8. The van der Waals surface area contributed by atoms with Gasteiger partial charge in [-0.15, -0.1) is 0 Å². The van der Waals surface area contributed by atoms with E-state index in [9.17, 15) is 18.0 Å². The third-order valence-corrected chi connectivity index (χ3v) is 9.46. The number of hydrogen-bond donors (Lipinski definition) is 3. The number of halogens is 3. The number of fused-ring (bicyclic) bond motifs is 2. The number of amides is 2. The number of imidazole rings is 1. The third-order valence-electron chi connectivity index (χ3n) is 9.46. The van der Waals surface area contributed by atoms with Gasteiger partial charge >= 0.3 is 12.2 Å². The van der Waals surface area contributed by atoms with Gasteiger partial charge in [0.05, 0.1) is 22.3 Å². The van der Waals surface area contributed by atoms with E-state index in [-0.39, 0.29) is 23.8 Å². The Morgan fingerprint density at radius 2 is 1.69 bits per heavy atom. The summed E-state index contributed by atoms with van der Waals surface area (Å²) in [5, 5.41) is 6.07. The lowest BCUT2D eigenvalue weighted by Crippen LogP contribution is -2.44. The number of likely N-dealkylation sites (N-methyl/N-ethyl adjacent to an activating group) is 1. The topological polar surface area (TPSA) is 125 Å². The fraction of sp³-hybridized carbons (Fsp3) is 0.394. The third kappa shape index (κ3) is 6.28. The summed E-state index contributed by atoms with van der Waals surface area (Å²) in [6.07, 6.45) is 4.32. The molecule has 0 radical (unpaired) electrons. The Labute approximate surface area is 275 Å². The molecule has 7 rings (SSSR count). The number of rotatable bonds is 6. The van der Waals surface area contributed by atoms with Crippen LogP contribution in [0.15, 0.2) is 55.2 Å². The van der Waals surface area contributed by atoms with Crippen molar-refractivity contribution in [3.63, 3.8) is 0 Å². The quantitative estimate of drug-likeness (QED) is 0.232. The summed E-state index contributed by atoms with van der Waals surface area (Å²) in [6, 6.07) is 7.07. The SMILES string of the molecule is CN1CCC(n2cc(-c3ccc(NC(=O)Nc4ccc(CN5CCN(C)CC5)c(C(F)(F)F)c4)c4nccn34)c3c(N)ncnc32)CC1. The van der Waals surface area contributed by atoms with Crippen LogP contribution < -0.4 is 16.4 Å². The standard InChI is InChI=1S/C33H38F3N11O/c1-43-10-7-23(8-11-43)47-19-24(28-29(37)39-20-40-31(28)47)27-6-5-26(30-38-9-12-46(27)30)42-32(48)41-22-4-3-21(25(17-22)33(34,35)36)18-45-15-13-44(2)14-16-45/h3-6,9,12,17,19-20,23H,7-8,10-11,13-16,18H2,1-2H3,(H2,37,39,40)(H2,41,42,48). The molecule has 2 saturated heterocycles. The summed E-state index contributed by atoms with van der Waals surface area (Å²) in [7, 11) is 4.12. The maximum atomic E-state index is 14.1. The van der Waals surface area contributed by atoms with Gasteiger partial charge < -0.3 is 30.7 Å². The average Bonchev–Trinajstić information content (AvgIpc) is 3.70. The number of piperidine rings is 1. The Balaban J connectivity index is 1.14. The highest BCUT2D eigenvalue weighted by Gasteiger charge is 2.34. The maximum absolute atomic E-state index is 14.1. The average molecular weight is 662 g/mol. The highest BCUT2D eigenvalue weighted by atomic mass is 19.4. The van der Waals surface area contributed by atoms with Crippen LogP contribution in [0.25, 0.3) is 27.9 Å². The molecule has 12 nitrogen and oxygen atoms in total. The number of piperazine rings is 1. The lowest BCUT2D eigenvalue weighted by atomic mass is 10.0. The second kappa shape index (κ2) is 12.7. The van der Waals surface area contributed by atoms with E-state index in [4.69, 9.17) is 5.73 Å². The molecule has 15 heteroatoms. The van der Waals surface area contributed by atoms with Crippen molar-refractivity contribution in [1.82, 2.24) is 38.6 Å². The predicted octanol–water partition coefficient (Wildman–Crippen LogP) is 5.01. The molecule has 0 spiro atoms. The Morgan fingerprint density at radius 3 is 2.44 bits per heavy atom. The number of nitrogens with two attached hydrogens (primary N) is 1. The van der Waals surface area contributed by atoms with Gasteiger partial charge in [-0.2, -0.15) is 13.2 Å². The number of nitrogens with one attached hydrogen (secondary N) is 2. The van der Waals surface area contributed by atoms with Crippen LogP contribution in [0.3, 0.4) is 0 Å². The monoisotopic (exact) mass is 661 g/mol. The molecule has 1 aromatic carbocycles. The zero-order valence-electron chi connectivity index (χ0n) is 26.8. The Morgan fingerprint density at radius 1 is 0.938 bits per heavy atom. The first-order valence-electron chi connectivity index (χ1n) is 16.0. The summed E-state index contributed by atoms with van der Waals surface area (Å²) in [5.74, 6) is 0.365. The molecule has 48 heavy (non-hydrogen) atoms. The lowest BCUT2D eigenvalue weighted by Gasteiger charge is -2.33. The van der Waals surface area contributed by atoms with E-state index in [1.165, 1.54) is 18.5 Å². The van der Waals surface area contributed by atoms with E-state index in [2.05, 4.69) is 53.2 Å². The largest absolute Gasteiger partial charge is 0.416 e. The van der Waals surface area contributed by atoms with E-state index in [0.29, 0.717) is 30.2 Å². The summed E-state index contributed by atoms with van der Waals surface area (Å²) < 4.78 is 46.3. The molecule has 2 fully saturated rings. The number of aromatic nitrogens is 5. The molecule has 4 N–H and O–H groups in total. The number of hydrogen-bond acceptors (Lipinski definition) is 8. The molecule has 0 aliphatic carbocycles. The van der Waals surface area contributed by atoms with Gasteiger partial charge in [0, 0.05) is 68.6 Å². The number of carbonyl (C=O) groups is 1. The van der Waals surface area contributed by atoms with Gasteiger partial charge in [0.15, 0.2) is 5.65 Å². The molecule has 2 aliphatic rings. The minimum Gasteiger partial charge on any atom is -0.383 e. The molecule has 0 bridgehead atoms. The van der Waals surface area contributed by atoms with Crippen molar-refractivity contribution in [2.24, 2.45) is 0 Å². The highest BCUT2D eigenvalue weighted by molar-refractivity contribution is 6.03. The number of benzene rings is 1. The summed E-state index contributed by atoms with van der Waals surface area (Å²) >= 11 is 0. The van der Waals surface area contributed by atoms with Crippen molar-refractivity contribution in [3.8, 4) is 11.3 Å². The lowest BCUT2D eigenvalue weighted by molar-refractivity contribution is -0.138. The second-order valence-corrected chi connectivity index (χ2v) is 12.7. The first kappa shape index (κ1) is 31.8. The van der Waals surface area contributed by atoms with Gasteiger partial charge in [-0.25, -0.2) is 19.7 Å². The smallest absolute Gasteiger partial charge is 0.383 e. The highest BCUT2D eigenvalue weighted by Crippen LogP contribution is 2.38. The van der Waals surface area contributed by atoms with Crippen molar-refractivity contribution >= 4 is 39.9 Å². The Hall–Kier alpha value is -4.73. The Bertz CT molecular complexity index is 1950. The van der Waals surface area contributed by atoms with Crippen LogP contribution in [-0.4, -0.2) is 98.0 Å². The second-order valence-electron chi connectivity index (χ2n) is 12.7. The molecule has 6 heterocycles. The van der Waals surface area contributed by atoms with Crippen LogP contribution in [0.4, 0.5) is 35.2 Å². The molecule has 0 unspecified atom stereocenters. The minimum absolute atomic E-state index is 0.0372. The molecular formula is C33H38F3N11O. The molecule has 0 atom stereocenters. The summed E-state index contributed by atoms with van der Waals surface area (Å²) in [4.78, 5) is 32.9. The molecule has 0 saturated carbocycles. The van der Waals surface area contributed by atoms with Crippen LogP contribution in [0.2, 0.25) is 0 Å². The first-order valence-corrected chi connectivity index (χ1v) is 16.0. The number of nitrogen functional groups attached to an aromatic ring is 1. The fourth-order valence-corrected chi connectivity index (χ4v) is 6.77. The zero-order chi connectivity index (χ0) is 33.6. The van der Waals surface area contributed by atoms with Crippen LogP contribution >= 0.6 is 0 Å². The molecule has 2 aliphatic heterocycles. The molecule has 2 amide bonds. The van der Waals surface area contributed by atoms with Crippen molar-refractivity contribution < 1.29 is 18.0 Å². The van der Waals surface area contributed by atoms with Crippen LogP contribution in [-0.2, 0) is 12.7 Å². The van der Waals surface area contributed by atoms with E-state index in [0.717, 1.165) is 67.4 Å². The predicted molar refractivity (Wildman–Crippen MR) is 179 cm³/mol. The molecule has 252 valence electrons. The van der Waals surface area contributed by atoms with Crippen LogP contribution in [0.5, 0.6) is 0 Å². The van der Waals surface area contributed by atoms with E-state index >= 15 is 0 Å². The molecule has 5 aromatic rings. The van der Waals surface area contributed by atoms with Crippen molar-refractivity contribution in [2.75, 3.05) is 69.7 Å². The first-order chi connectivity index (χ1) is 23.0. The number of likely N-dealkylation sites (tertiary alicyclic amines) is 1. The Kier molecular flexibility index (Phi) is 8.43. The summed E-state index contributed by atoms with van der Waals surface area (Å²) in [6.45, 7) is 5.14. The van der Waals surface area contributed by atoms with Crippen molar-refractivity contribution in [2.45, 2.75) is 31.6 Å². The number of carbonyl (C=O) groups excluding carboxylic acids is 1. The zero-order valence-corrected chi connectivity index (χ0v) is 26.8. The van der Waals surface area contributed by atoms with E-state index in [1.807, 2.05) is 22.4 Å². The normalized spacial score (nSPS) is 17.4. The maximum Gasteiger partial charge on any atom is 0.416 e. The van der Waals surface area contributed by atoms with Gasteiger partial charge in [-0.1, -0.05) is 6.07 Å². The summed E-state index contributed by atoms with van der Waals surface area (Å²) in [5.41, 5.74) is 9.06. The number of anilines is 3. The van der Waals surface area contributed by atoms with Crippen LogP contribution in [0, 0.1) is 0 Å². The number of pyridine rings is 1. The number of alkyl halides is 3. The van der Waals surface area contributed by atoms with Crippen molar-refractivity contribution in [3.05, 3.63) is 66.4 Å². The van der Waals surface area contributed by atoms with Crippen LogP contribution in [0.1, 0.15) is 30.0 Å². The minimum atomic E-state index is -4.57. The van der Waals surface area contributed by atoms with E-state index < -0.39 is 17.8 Å². The molecule has 4 aromatic heterocycles. The van der Waals surface area contributed by atoms with Gasteiger partial charge in [-0.3, -0.25) is 9.30 Å². The van der Waals surface area contributed by atoms with Gasteiger partial charge in [0.2, 0.25) is 0 Å². The molecular weight excluding hydrogens is 623 g/mol. The van der Waals surface area contributed by atoms with Crippen molar-refractivity contribution in [1.29, 1.82) is 0 Å².